The van der Waals surface area contributed by atoms with E-state index in [1.54, 1.807) is 42.8 Å². The van der Waals surface area contributed by atoms with Crippen molar-refractivity contribution in [2.75, 3.05) is 0 Å². The van der Waals surface area contributed by atoms with Crippen molar-refractivity contribution in [3.05, 3.63) is 76.9 Å². The molecule has 1 N–H and O–H groups in total. The zero-order valence-corrected chi connectivity index (χ0v) is 18.9. The number of aromatic nitrogens is 2. The Bertz CT molecular complexity index is 1290. The summed E-state index contributed by atoms with van der Waals surface area (Å²) >= 11 is 0. The normalized spacial score (nSPS) is 15.8. The summed E-state index contributed by atoms with van der Waals surface area (Å²) in [5.74, 6) is 5.85. The molecule has 2 aromatic carbocycles. The number of benzene rings is 2. The Morgan fingerprint density at radius 2 is 1.81 bits per heavy atom. The Balaban J connectivity index is 1.66. The first-order chi connectivity index (χ1) is 15.2. The van der Waals surface area contributed by atoms with Crippen molar-refractivity contribution in [1.29, 1.82) is 0 Å². The number of nitrogens with zero attached hydrogens (tertiary/aromatic N) is 2. The molecule has 1 aliphatic heterocycles. The van der Waals surface area contributed by atoms with Gasteiger partial charge in [-0.25, -0.2) is 22.2 Å². The van der Waals surface area contributed by atoms with Gasteiger partial charge in [-0.1, -0.05) is 5.92 Å². The lowest BCUT2D eigenvalue weighted by Gasteiger charge is -2.20. The molecule has 32 heavy (non-hydrogen) atoms. The van der Waals surface area contributed by atoms with Gasteiger partial charge in [-0.15, -0.1) is 0 Å². The Morgan fingerprint density at radius 3 is 2.47 bits per heavy atom. The van der Waals surface area contributed by atoms with Gasteiger partial charge in [-0.2, -0.15) is 5.10 Å². The predicted octanol–water partition coefficient (Wildman–Crippen LogP) is 3.56. The van der Waals surface area contributed by atoms with Gasteiger partial charge >= 0.3 is 0 Å². The molecule has 8 heteroatoms. The van der Waals surface area contributed by atoms with Crippen LogP contribution in [0, 0.1) is 17.7 Å². The van der Waals surface area contributed by atoms with Gasteiger partial charge in [0.2, 0.25) is 10.0 Å². The molecule has 0 spiro atoms. The second-order valence-corrected chi connectivity index (χ2v) is 9.75. The summed E-state index contributed by atoms with van der Waals surface area (Å²) in [4.78, 5) is 0.192. The van der Waals surface area contributed by atoms with Gasteiger partial charge in [0.05, 0.1) is 29.0 Å². The first-order valence-electron chi connectivity index (χ1n) is 10.4. The van der Waals surface area contributed by atoms with E-state index >= 15 is 0 Å². The van der Waals surface area contributed by atoms with Gasteiger partial charge < -0.3 is 4.74 Å². The zero-order valence-electron chi connectivity index (χ0n) is 18.1. The third kappa shape index (κ3) is 4.75. The SMILES string of the molecule is CC(C)NS(=O)(=O)c1ccc(C#Cc2nn(-c3ccc(F)cc3)c3c2CO[C@@H](C)C3)cc1. The summed E-state index contributed by atoms with van der Waals surface area (Å²) in [6, 6.07) is 12.4. The predicted molar refractivity (Wildman–Crippen MR) is 119 cm³/mol. The monoisotopic (exact) mass is 453 g/mol. The third-order valence-electron chi connectivity index (χ3n) is 5.03. The number of fused-ring (bicyclic) bond motifs is 1. The van der Waals surface area contributed by atoms with Crippen LogP contribution in [0.3, 0.4) is 0 Å². The first-order valence-corrected chi connectivity index (χ1v) is 11.8. The lowest BCUT2D eigenvalue weighted by atomic mass is 10.1. The second-order valence-electron chi connectivity index (χ2n) is 8.04. The highest BCUT2D eigenvalue weighted by Crippen LogP contribution is 2.26. The van der Waals surface area contributed by atoms with Crippen LogP contribution in [0.1, 0.15) is 43.3 Å². The quantitative estimate of drug-likeness (QED) is 0.613. The van der Waals surface area contributed by atoms with E-state index in [0.717, 1.165) is 16.9 Å². The molecule has 6 nitrogen and oxygen atoms in total. The summed E-state index contributed by atoms with van der Waals surface area (Å²) in [5, 5.41) is 4.67. The van der Waals surface area contributed by atoms with Crippen LogP contribution in [0.4, 0.5) is 4.39 Å². The maximum absolute atomic E-state index is 13.4. The molecule has 0 bridgehead atoms. The van der Waals surface area contributed by atoms with Crippen molar-refractivity contribution in [2.24, 2.45) is 0 Å². The molecule has 166 valence electrons. The van der Waals surface area contributed by atoms with Crippen molar-refractivity contribution >= 4 is 10.0 Å². The number of halogens is 1. The summed E-state index contributed by atoms with van der Waals surface area (Å²) in [6.45, 7) is 5.95. The third-order valence-corrected chi connectivity index (χ3v) is 6.71. The van der Waals surface area contributed by atoms with Crippen LogP contribution >= 0.6 is 0 Å². The Hall–Kier alpha value is -2.99. The van der Waals surface area contributed by atoms with E-state index in [9.17, 15) is 12.8 Å². The van der Waals surface area contributed by atoms with Crippen LogP contribution < -0.4 is 4.72 Å². The maximum Gasteiger partial charge on any atom is 0.240 e. The van der Waals surface area contributed by atoms with Crippen LogP contribution in [-0.2, 0) is 27.8 Å². The average molecular weight is 454 g/mol. The number of hydrogen-bond acceptors (Lipinski definition) is 4. The van der Waals surface area contributed by atoms with E-state index in [1.807, 2.05) is 6.92 Å². The van der Waals surface area contributed by atoms with Gasteiger partial charge in [0, 0.05) is 23.6 Å². The standard InChI is InChI=1S/C24H24FN3O3S/c1-16(2)27-32(29,30)21-11-4-18(5-12-21)6-13-23-22-15-31-17(3)14-24(22)28(26-23)20-9-7-19(25)8-10-20/h4-5,7-12,16-17,27H,14-15H2,1-3H3/t17-/m0/s1. The molecule has 1 aliphatic rings. The van der Waals surface area contributed by atoms with Crippen molar-refractivity contribution in [3.63, 3.8) is 0 Å². The topological polar surface area (TPSA) is 73.2 Å². The molecule has 0 radical (unpaired) electrons. The molecule has 4 rings (SSSR count). The minimum atomic E-state index is -3.55. The Labute approximate surface area is 187 Å². The van der Waals surface area contributed by atoms with E-state index < -0.39 is 10.0 Å². The fraction of sp³-hybridized carbons (Fsp3) is 0.292. The molecule has 0 aliphatic carbocycles. The molecule has 1 aromatic heterocycles. The van der Waals surface area contributed by atoms with E-state index in [1.165, 1.54) is 24.3 Å². The molecule has 1 atom stereocenters. The van der Waals surface area contributed by atoms with Crippen LogP contribution in [-0.4, -0.2) is 30.3 Å². The van der Waals surface area contributed by atoms with Crippen molar-refractivity contribution < 1.29 is 17.5 Å². The fourth-order valence-corrected chi connectivity index (χ4v) is 4.78. The number of sulfonamides is 1. The molecular weight excluding hydrogens is 429 g/mol. The van der Waals surface area contributed by atoms with Crippen LogP contribution in [0.25, 0.3) is 5.69 Å². The molecule has 0 amide bonds. The average Bonchev–Trinajstić information content (AvgIpc) is 3.10. The number of nitrogens with one attached hydrogen (secondary N) is 1. The minimum absolute atomic E-state index is 0.0492. The lowest BCUT2D eigenvalue weighted by molar-refractivity contribution is 0.0397. The van der Waals surface area contributed by atoms with Crippen molar-refractivity contribution in [1.82, 2.24) is 14.5 Å². The molecule has 0 unspecified atom stereocenters. The lowest BCUT2D eigenvalue weighted by Crippen LogP contribution is -2.30. The van der Waals surface area contributed by atoms with Gasteiger partial charge in [0.15, 0.2) is 0 Å². The molecular formula is C24H24FN3O3S. The fourth-order valence-electron chi connectivity index (χ4n) is 3.53. The summed E-state index contributed by atoms with van der Waals surface area (Å²) in [6.07, 6.45) is 0.727. The largest absolute Gasteiger partial charge is 0.373 e. The summed E-state index contributed by atoms with van der Waals surface area (Å²) in [5.41, 5.74) is 3.94. The van der Waals surface area contributed by atoms with E-state index in [4.69, 9.17) is 4.74 Å². The van der Waals surface area contributed by atoms with Crippen LogP contribution in [0.5, 0.6) is 0 Å². The number of rotatable bonds is 4. The van der Waals surface area contributed by atoms with Crippen molar-refractivity contribution in [3.8, 4) is 17.5 Å². The van der Waals surface area contributed by atoms with E-state index in [0.29, 0.717) is 24.3 Å². The van der Waals surface area contributed by atoms with Gasteiger partial charge in [-0.05, 0) is 75.2 Å². The van der Waals surface area contributed by atoms with E-state index in [-0.39, 0.29) is 22.9 Å². The molecule has 3 aromatic rings. The minimum Gasteiger partial charge on any atom is -0.373 e. The molecule has 2 heterocycles. The molecule has 0 saturated carbocycles. The molecule has 0 fully saturated rings. The highest BCUT2D eigenvalue weighted by Gasteiger charge is 2.25. The van der Waals surface area contributed by atoms with Gasteiger partial charge in [0.1, 0.15) is 11.5 Å². The number of hydrogen-bond donors (Lipinski definition) is 1. The van der Waals surface area contributed by atoms with Gasteiger partial charge in [-0.3, -0.25) is 0 Å². The Kier molecular flexibility index (Phi) is 6.15. The first kappa shape index (κ1) is 22.2. The van der Waals surface area contributed by atoms with Gasteiger partial charge in [0.25, 0.3) is 0 Å². The van der Waals surface area contributed by atoms with Crippen LogP contribution in [0.2, 0.25) is 0 Å². The van der Waals surface area contributed by atoms with E-state index in [2.05, 4.69) is 21.7 Å². The van der Waals surface area contributed by atoms with Crippen LogP contribution in [0.15, 0.2) is 53.4 Å². The highest BCUT2D eigenvalue weighted by molar-refractivity contribution is 7.89. The maximum atomic E-state index is 13.4. The smallest absolute Gasteiger partial charge is 0.240 e. The summed E-state index contributed by atoms with van der Waals surface area (Å²) < 4.78 is 48.1. The highest BCUT2D eigenvalue weighted by atomic mass is 32.2. The zero-order chi connectivity index (χ0) is 22.9. The summed E-state index contributed by atoms with van der Waals surface area (Å²) in [7, 11) is -3.55. The number of ether oxygens (including phenoxy) is 1. The van der Waals surface area contributed by atoms with Crippen molar-refractivity contribution in [2.45, 2.75) is 50.8 Å². The Morgan fingerprint density at radius 1 is 1.12 bits per heavy atom. The second kappa shape index (κ2) is 8.87. The molecule has 0 saturated heterocycles.